The third-order valence-electron chi connectivity index (χ3n) is 6.91. The summed E-state index contributed by atoms with van der Waals surface area (Å²) >= 11 is 0. The SMILES string of the molecule is N#CCC1(n2cc(C(N)=O)c(Nc3ccc(F)cc3)n2)CCC(N2CCC(F)(F)CC2)CC1. The van der Waals surface area contributed by atoms with E-state index in [9.17, 15) is 23.2 Å². The molecule has 1 saturated carbocycles. The van der Waals surface area contributed by atoms with Crippen molar-refractivity contribution in [2.75, 3.05) is 18.4 Å². The predicted molar refractivity (Wildman–Crippen MR) is 117 cm³/mol. The summed E-state index contributed by atoms with van der Waals surface area (Å²) in [7, 11) is 0. The Hall–Kier alpha value is -3.06. The molecule has 0 radical (unpaired) electrons. The minimum atomic E-state index is -2.58. The van der Waals surface area contributed by atoms with Gasteiger partial charge in [0.2, 0.25) is 0 Å². The van der Waals surface area contributed by atoms with Gasteiger partial charge in [0.1, 0.15) is 11.4 Å². The highest BCUT2D eigenvalue weighted by Crippen LogP contribution is 2.41. The van der Waals surface area contributed by atoms with Gasteiger partial charge in [0.05, 0.1) is 18.0 Å². The van der Waals surface area contributed by atoms with Gasteiger partial charge in [0, 0.05) is 43.9 Å². The summed E-state index contributed by atoms with van der Waals surface area (Å²) in [6.07, 6.45) is 4.29. The third-order valence-corrected chi connectivity index (χ3v) is 6.91. The molecular weight excluding hydrogens is 433 g/mol. The Bertz CT molecular complexity index is 1030. The van der Waals surface area contributed by atoms with Crippen molar-refractivity contribution in [2.24, 2.45) is 5.73 Å². The fourth-order valence-electron chi connectivity index (χ4n) is 4.91. The van der Waals surface area contributed by atoms with Crippen LogP contribution >= 0.6 is 0 Å². The van der Waals surface area contributed by atoms with Gasteiger partial charge in [-0.25, -0.2) is 13.2 Å². The number of likely N-dealkylation sites (tertiary alicyclic amines) is 1. The Labute approximate surface area is 190 Å². The van der Waals surface area contributed by atoms with Gasteiger partial charge in [-0.3, -0.25) is 14.4 Å². The molecule has 1 aromatic heterocycles. The number of nitriles is 1. The quantitative estimate of drug-likeness (QED) is 0.675. The largest absolute Gasteiger partial charge is 0.365 e. The van der Waals surface area contributed by atoms with Crippen molar-refractivity contribution >= 4 is 17.4 Å². The Balaban J connectivity index is 1.53. The van der Waals surface area contributed by atoms with E-state index in [1.165, 1.54) is 24.3 Å². The van der Waals surface area contributed by atoms with Crippen LogP contribution in [0, 0.1) is 17.1 Å². The van der Waals surface area contributed by atoms with Crippen molar-refractivity contribution in [3.05, 3.63) is 41.8 Å². The van der Waals surface area contributed by atoms with Gasteiger partial charge in [-0.2, -0.15) is 10.4 Å². The molecule has 4 rings (SSSR count). The van der Waals surface area contributed by atoms with Crippen molar-refractivity contribution < 1.29 is 18.0 Å². The fourth-order valence-corrected chi connectivity index (χ4v) is 4.91. The number of halogens is 3. The van der Waals surface area contributed by atoms with Crippen molar-refractivity contribution in [1.29, 1.82) is 5.26 Å². The number of amides is 1. The van der Waals surface area contributed by atoms with E-state index in [0.29, 0.717) is 31.6 Å². The maximum Gasteiger partial charge on any atom is 0.254 e. The molecule has 1 aliphatic carbocycles. The second kappa shape index (κ2) is 9.06. The highest BCUT2D eigenvalue weighted by atomic mass is 19.3. The summed E-state index contributed by atoms with van der Waals surface area (Å²) in [6.45, 7) is 0.754. The van der Waals surface area contributed by atoms with E-state index in [-0.39, 0.29) is 42.5 Å². The number of rotatable bonds is 6. The number of hydrogen-bond acceptors (Lipinski definition) is 5. The summed E-state index contributed by atoms with van der Waals surface area (Å²) < 4.78 is 42.0. The topological polar surface area (TPSA) is 100.0 Å². The zero-order chi connectivity index (χ0) is 23.6. The molecule has 176 valence electrons. The van der Waals surface area contributed by atoms with Crippen LogP contribution in [-0.2, 0) is 5.54 Å². The Morgan fingerprint density at radius 1 is 1.18 bits per heavy atom. The first-order chi connectivity index (χ1) is 15.7. The van der Waals surface area contributed by atoms with Crippen molar-refractivity contribution in [3.63, 3.8) is 0 Å². The minimum Gasteiger partial charge on any atom is -0.365 e. The number of hydrogen-bond donors (Lipinski definition) is 2. The lowest BCUT2D eigenvalue weighted by molar-refractivity contribution is -0.0686. The molecule has 7 nitrogen and oxygen atoms in total. The van der Waals surface area contributed by atoms with E-state index in [0.717, 1.165) is 12.8 Å². The van der Waals surface area contributed by atoms with Crippen LogP contribution < -0.4 is 11.1 Å². The van der Waals surface area contributed by atoms with Gasteiger partial charge >= 0.3 is 0 Å². The van der Waals surface area contributed by atoms with Gasteiger partial charge in [-0.05, 0) is 49.9 Å². The van der Waals surface area contributed by atoms with Crippen LogP contribution in [0.25, 0.3) is 0 Å². The molecule has 3 N–H and O–H groups in total. The second-order valence-electron chi connectivity index (χ2n) is 9.01. The number of anilines is 2. The molecule has 0 unspecified atom stereocenters. The van der Waals surface area contributed by atoms with Crippen LogP contribution in [0.2, 0.25) is 0 Å². The average Bonchev–Trinajstić information content (AvgIpc) is 3.21. The van der Waals surface area contributed by atoms with E-state index in [1.807, 2.05) is 0 Å². The molecule has 2 heterocycles. The van der Waals surface area contributed by atoms with E-state index in [2.05, 4.69) is 21.4 Å². The summed E-state index contributed by atoms with van der Waals surface area (Å²) in [5.74, 6) is -3.39. The van der Waals surface area contributed by atoms with E-state index in [1.54, 1.807) is 10.9 Å². The van der Waals surface area contributed by atoms with Gasteiger partial charge in [-0.1, -0.05) is 0 Å². The molecule has 1 saturated heterocycles. The smallest absolute Gasteiger partial charge is 0.254 e. The van der Waals surface area contributed by atoms with E-state index in [4.69, 9.17) is 5.73 Å². The molecule has 2 fully saturated rings. The van der Waals surface area contributed by atoms with E-state index >= 15 is 0 Å². The molecule has 0 bridgehead atoms. The summed E-state index contributed by atoms with van der Waals surface area (Å²) in [5.41, 5.74) is 5.68. The highest BCUT2D eigenvalue weighted by molar-refractivity contribution is 5.98. The molecule has 10 heteroatoms. The maximum absolute atomic E-state index is 13.5. The first-order valence-electron chi connectivity index (χ1n) is 11.1. The lowest BCUT2D eigenvalue weighted by atomic mass is 9.77. The number of piperidine rings is 1. The number of nitrogens with two attached hydrogens (primary N) is 1. The fraction of sp³-hybridized carbons (Fsp3) is 0.522. The lowest BCUT2D eigenvalue weighted by Crippen LogP contribution is -2.49. The Kier molecular flexibility index (Phi) is 6.34. The molecule has 1 aromatic carbocycles. The molecule has 1 aliphatic heterocycles. The summed E-state index contributed by atoms with van der Waals surface area (Å²) in [5, 5.41) is 17.1. The van der Waals surface area contributed by atoms with Crippen LogP contribution in [0.15, 0.2) is 30.5 Å². The second-order valence-corrected chi connectivity index (χ2v) is 9.01. The first kappa shape index (κ1) is 23.1. The van der Waals surface area contributed by atoms with Gasteiger partial charge < -0.3 is 11.1 Å². The molecule has 0 atom stereocenters. The average molecular weight is 461 g/mol. The molecule has 1 amide bonds. The normalized spacial score (nSPS) is 25.3. The number of primary amides is 1. The Morgan fingerprint density at radius 3 is 2.39 bits per heavy atom. The number of carbonyl (C=O) groups is 1. The van der Waals surface area contributed by atoms with Crippen LogP contribution in [0.3, 0.4) is 0 Å². The Morgan fingerprint density at radius 2 is 1.82 bits per heavy atom. The zero-order valence-electron chi connectivity index (χ0n) is 18.2. The van der Waals surface area contributed by atoms with Crippen LogP contribution in [-0.4, -0.2) is 45.6 Å². The monoisotopic (exact) mass is 460 g/mol. The predicted octanol–water partition coefficient (Wildman–Crippen LogP) is 4.15. The maximum atomic E-state index is 13.5. The standard InChI is InChI=1S/C23H27F3N6O/c24-16-1-3-17(4-2-16)29-21-19(20(28)33)15-32(30-21)22(9-12-27)7-5-18(6-8-22)31-13-10-23(25,26)11-14-31/h1-4,15,18H,5-11,13-14H2,(H2,28,33)(H,29,30). The number of nitrogens with one attached hydrogen (secondary N) is 1. The highest BCUT2D eigenvalue weighted by Gasteiger charge is 2.42. The number of alkyl halides is 2. The molecule has 2 aromatic rings. The number of nitrogens with zero attached hydrogens (tertiary/aromatic N) is 4. The van der Waals surface area contributed by atoms with Crippen molar-refractivity contribution in [3.8, 4) is 6.07 Å². The summed E-state index contributed by atoms with van der Waals surface area (Å²) in [6, 6.07) is 8.06. The molecule has 33 heavy (non-hydrogen) atoms. The molecule has 0 spiro atoms. The lowest BCUT2D eigenvalue weighted by Gasteiger charge is -2.44. The number of carbonyl (C=O) groups excluding carboxylic acids is 1. The number of benzene rings is 1. The molecular formula is C23H27F3N6O. The van der Waals surface area contributed by atoms with Crippen LogP contribution in [0.4, 0.5) is 24.7 Å². The van der Waals surface area contributed by atoms with Gasteiger partial charge in [-0.15, -0.1) is 0 Å². The minimum absolute atomic E-state index is 0.119. The van der Waals surface area contributed by atoms with E-state index < -0.39 is 17.4 Å². The third kappa shape index (κ3) is 4.98. The van der Waals surface area contributed by atoms with Crippen LogP contribution in [0.5, 0.6) is 0 Å². The first-order valence-corrected chi connectivity index (χ1v) is 11.1. The zero-order valence-corrected chi connectivity index (χ0v) is 18.2. The van der Waals surface area contributed by atoms with Crippen LogP contribution in [0.1, 0.15) is 55.3 Å². The van der Waals surface area contributed by atoms with Crippen molar-refractivity contribution in [2.45, 2.75) is 62.4 Å². The van der Waals surface area contributed by atoms with Gasteiger partial charge in [0.15, 0.2) is 5.82 Å². The van der Waals surface area contributed by atoms with Gasteiger partial charge in [0.25, 0.3) is 11.8 Å². The number of aromatic nitrogens is 2. The van der Waals surface area contributed by atoms with Crippen molar-refractivity contribution in [1.82, 2.24) is 14.7 Å². The molecule has 2 aliphatic rings. The summed E-state index contributed by atoms with van der Waals surface area (Å²) in [4.78, 5) is 14.2.